The van der Waals surface area contributed by atoms with Gasteiger partial charge in [0.1, 0.15) is 17.2 Å². The number of benzene rings is 1. The van der Waals surface area contributed by atoms with E-state index in [-0.39, 0.29) is 18.1 Å². The van der Waals surface area contributed by atoms with Gasteiger partial charge < -0.3 is 9.88 Å². The van der Waals surface area contributed by atoms with Gasteiger partial charge in [-0.15, -0.1) is 0 Å². The van der Waals surface area contributed by atoms with Gasteiger partial charge in [-0.05, 0) is 23.8 Å². The van der Waals surface area contributed by atoms with E-state index < -0.39 is 0 Å². The highest BCUT2D eigenvalue weighted by Gasteiger charge is 2.10. The van der Waals surface area contributed by atoms with Gasteiger partial charge in [0.25, 0.3) is 0 Å². The first-order valence-electron chi connectivity index (χ1n) is 7.41. The summed E-state index contributed by atoms with van der Waals surface area (Å²) in [6.45, 7) is 0.449. The quantitative estimate of drug-likeness (QED) is 0.784. The Bertz CT molecular complexity index is 843. The van der Waals surface area contributed by atoms with E-state index in [1.165, 1.54) is 6.07 Å². The first kappa shape index (κ1) is 15.1. The van der Waals surface area contributed by atoms with E-state index in [0.717, 1.165) is 17.0 Å². The first-order chi connectivity index (χ1) is 11.1. The molecule has 0 saturated heterocycles. The zero-order valence-corrected chi connectivity index (χ0v) is 12.8. The van der Waals surface area contributed by atoms with Gasteiger partial charge in [-0.25, -0.2) is 14.4 Å². The molecule has 0 aliphatic heterocycles. The number of hydrogen-bond acceptors (Lipinski definition) is 3. The smallest absolute Gasteiger partial charge is 0.224 e. The number of amides is 1. The Morgan fingerprint density at radius 2 is 2.09 bits per heavy atom. The van der Waals surface area contributed by atoms with Crippen molar-refractivity contribution >= 4 is 17.1 Å². The van der Waals surface area contributed by atoms with Crippen LogP contribution in [-0.4, -0.2) is 27.0 Å². The number of halogens is 1. The van der Waals surface area contributed by atoms with E-state index in [4.69, 9.17) is 0 Å². The van der Waals surface area contributed by atoms with Gasteiger partial charge in [0.2, 0.25) is 5.91 Å². The Labute approximate surface area is 133 Å². The number of nitrogens with zero attached hydrogens (tertiary/aromatic N) is 3. The van der Waals surface area contributed by atoms with Crippen LogP contribution in [0.25, 0.3) is 11.2 Å². The second-order valence-electron chi connectivity index (χ2n) is 5.30. The summed E-state index contributed by atoms with van der Waals surface area (Å²) in [5.74, 6) is 0.293. The first-order valence-corrected chi connectivity index (χ1v) is 7.41. The molecule has 3 aromatic rings. The number of nitrogens with one attached hydrogen (secondary N) is 1. The zero-order valence-electron chi connectivity index (χ0n) is 12.8. The maximum atomic E-state index is 13.5. The van der Waals surface area contributed by atoms with E-state index in [0.29, 0.717) is 18.5 Å². The highest BCUT2D eigenvalue weighted by molar-refractivity contribution is 5.78. The number of hydrogen-bond donors (Lipinski definition) is 1. The van der Waals surface area contributed by atoms with Gasteiger partial charge in [0.15, 0.2) is 5.65 Å². The Morgan fingerprint density at radius 1 is 1.26 bits per heavy atom. The molecule has 0 unspecified atom stereocenters. The van der Waals surface area contributed by atoms with Crippen LogP contribution in [0.5, 0.6) is 0 Å². The van der Waals surface area contributed by atoms with Crippen LogP contribution in [0.1, 0.15) is 11.4 Å². The number of aromatic nitrogens is 3. The Hall–Kier alpha value is -2.76. The summed E-state index contributed by atoms with van der Waals surface area (Å²) in [4.78, 5) is 20.7. The van der Waals surface area contributed by atoms with E-state index >= 15 is 0 Å². The third-order valence-electron chi connectivity index (χ3n) is 3.70. The molecule has 0 radical (unpaired) electrons. The molecule has 6 heteroatoms. The standard InChI is InChI=1S/C17H17FN4O/c1-22-15(21-14-7-4-9-20-17(14)22)8-10-19-16(23)11-12-5-2-3-6-13(12)18/h2-7,9H,8,10-11H2,1H3,(H,19,23). The van der Waals surface area contributed by atoms with Gasteiger partial charge in [-0.1, -0.05) is 18.2 Å². The highest BCUT2D eigenvalue weighted by atomic mass is 19.1. The van der Waals surface area contributed by atoms with Crippen LogP contribution in [0.15, 0.2) is 42.6 Å². The van der Waals surface area contributed by atoms with Crippen LogP contribution >= 0.6 is 0 Å². The number of imidazole rings is 1. The Morgan fingerprint density at radius 3 is 2.87 bits per heavy atom. The minimum Gasteiger partial charge on any atom is -0.355 e. The molecule has 0 aliphatic carbocycles. The van der Waals surface area contributed by atoms with Gasteiger partial charge in [0, 0.05) is 26.2 Å². The fourth-order valence-electron chi connectivity index (χ4n) is 2.49. The van der Waals surface area contributed by atoms with Crippen molar-refractivity contribution in [1.29, 1.82) is 0 Å². The lowest BCUT2D eigenvalue weighted by Gasteiger charge is -2.06. The topological polar surface area (TPSA) is 59.8 Å². The summed E-state index contributed by atoms with van der Waals surface area (Å²) in [5, 5.41) is 2.80. The van der Waals surface area contributed by atoms with Crippen molar-refractivity contribution in [2.24, 2.45) is 7.05 Å². The van der Waals surface area contributed by atoms with Crippen molar-refractivity contribution in [2.75, 3.05) is 6.54 Å². The van der Waals surface area contributed by atoms with Crippen LogP contribution in [0, 0.1) is 5.82 Å². The average Bonchev–Trinajstić information content (AvgIpc) is 2.86. The van der Waals surface area contributed by atoms with Crippen molar-refractivity contribution in [3.8, 4) is 0 Å². The lowest BCUT2D eigenvalue weighted by molar-refractivity contribution is -0.120. The number of carbonyl (C=O) groups excluding carboxylic acids is 1. The summed E-state index contributed by atoms with van der Waals surface area (Å²) in [5.41, 5.74) is 2.06. The predicted molar refractivity (Wildman–Crippen MR) is 85.3 cm³/mol. The Balaban J connectivity index is 1.57. The number of fused-ring (bicyclic) bond motifs is 1. The summed E-state index contributed by atoms with van der Waals surface area (Å²) >= 11 is 0. The van der Waals surface area contributed by atoms with Gasteiger partial charge in [-0.2, -0.15) is 0 Å². The number of carbonyl (C=O) groups is 1. The van der Waals surface area contributed by atoms with E-state index in [1.807, 2.05) is 23.7 Å². The molecule has 118 valence electrons. The lowest BCUT2D eigenvalue weighted by Crippen LogP contribution is -2.28. The second-order valence-corrected chi connectivity index (χ2v) is 5.30. The molecule has 0 bridgehead atoms. The zero-order chi connectivity index (χ0) is 16.2. The minimum absolute atomic E-state index is 0.0385. The van der Waals surface area contributed by atoms with Crippen molar-refractivity contribution in [3.05, 3.63) is 59.8 Å². The van der Waals surface area contributed by atoms with Gasteiger partial charge in [0.05, 0.1) is 6.42 Å². The summed E-state index contributed by atoms with van der Waals surface area (Å²) in [7, 11) is 1.90. The number of aryl methyl sites for hydroxylation is 1. The molecule has 0 atom stereocenters. The molecule has 23 heavy (non-hydrogen) atoms. The number of pyridine rings is 1. The fourth-order valence-corrected chi connectivity index (χ4v) is 2.49. The summed E-state index contributed by atoms with van der Waals surface area (Å²) in [6, 6.07) is 10.0. The largest absolute Gasteiger partial charge is 0.355 e. The fraction of sp³-hybridized carbons (Fsp3) is 0.235. The van der Waals surface area contributed by atoms with Crippen LogP contribution in [0.3, 0.4) is 0 Å². The molecular formula is C17H17FN4O. The van der Waals surface area contributed by atoms with Crippen molar-refractivity contribution in [1.82, 2.24) is 19.9 Å². The van der Waals surface area contributed by atoms with Crippen molar-refractivity contribution in [3.63, 3.8) is 0 Å². The highest BCUT2D eigenvalue weighted by Crippen LogP contribution is 2.11. The van der Waals surface area contributed by atoms with Crippen LogP contribution in [0.4, 0.5) is 4.39 Å². The number of rotatable bonds is 5. The molecule has 2 heterocycles. The molecule has 0 aliphatic rings. The van der Waals surface area contributed by atoms with E-state index in [1.54, 1.807) is 24.4 Å². The molecule has 0 fully saturated rings. The monoisotopic (exact) mass is 312 g/mol. The maximum Gasteiger partial charge on any atom is 0.224 e. The molecular weight excluding hydrogens is 295 g/mol. The average molecular weight is 312 g/mol. The van der Waals surface area contributed by atoms with Gasteiger partial charge >= 0.3 is 0 Å². The van der Waals surface area contributed by atoms with Crippen LogP contribution < -0.4 is 5.32 Å². The lowest BCUT2D eigenvalue weighted by atomic mass is 10.1. The predicted octanol–water partition coefficient (Wildman–Crippen LogP) is 2.01. The SMILES string of the molecule is Cn1c(CCNC(=O)Cc2ccccc2F)nc2cccnc21. The third kappa shape index (κ3) is 3.36. The molecule has 1 amide bonds. The van der Waals surface area contributed by atoms with Crippen LogP contribution in [0.2, 0.25) is 0 Å². The summed E-state index contributed by atoms with van der Waals surface area (Å²) in [6.07, 6.45) is 2.36. The molecule has 3 rings (SSSR count). The molecule has 1 N–H and O–H groups in total. The second kappa shape index (κ2) is 6.56. The van der Waals surface area contributed by atoms with Crippen LogP contribution in [-0.2, 0) is 24.7 Å². The van der Waals surface area contributed by atoms with Gasteiger partial charge in [-0.3, -0.25) is 4.79 Å². The minimum atomic E-state index is -0.357. The molecule has 5 nitrogen and oxygen atoms in total. The van der Waals surface area contributed by atoms with Crippen molar-refractivity contribution in [2.45, 2.75) is 12.8 Å². The third-order valence-corrected chi connectivity index (χ3v) is 3.70. The Kier molecular flexibility index (Phi) is 4.32. The molecule has 0 spiro atoms. The van der Waals surface area contributed by atoms with E-state index in [2.05, 4.69) is 15.3 Å². The normalized spacial score (nSPS) is 10.9. The van der Waals surface area contributed by atoms with Crippen molar-refractivity contribution < 1.29 is 9.18 Å². The summed E-state index contributed by atoms with van der Waals surface area (Å²) < 4.78 is 15.4. The molecule has 1 aromatic carbocycles. The molecule has 2 aromatic heterocycles. The maximum absolute atomic E-state index is 13.5. The van der Waals surface area contributed by atoms with E-state index in [9.17, 15) is 9.18 Å². The molecule has 0 saturated carbocycles.